The van der Waals surface area contributed by atoms with Gasteiger partial charge in [0.2, 0.25) is 0 Å². The number of anilines is 1. The molecule has 2 rings (SSSR count). The highest BCUT2D eigenvalue weighted by Crippen LogP contribution is 2.24. The van der Waals surface area contributed by atoms with E-state index in [0.29, 0.717) is 28.0 Å². The quantitative estimate of drug-likeness (QED) is 0.901. The Morgan fingerprint density at radius 3 is 2.58 bits per heavy atom. The van der Waals surface area contributed by atoms with Crippen LogP contribution in [0.3, 0.4) is 0 Å². The molecule has 0 aliphatic heterocycles. The number of halogens is 3. The van der Waals surface area contributed by atoms with E-state index in [2.05, 4.69) is 21.2 Å². The molecule has 0 amide bonds. The summed E-state index contributed by atoms with van der Waals surface area (Å²) in [4.78, 5) is 0. The monoisotopic (exact) mass is 327 g/mol. The maximum Gasteiger partial charge on any atom is 0.131 e. The van der Waals surface area contributed by atoms with Gasteiger partial charge < -0.3 is 10.1 Å². The third kappa shape index (κ3) is 3.44. The standard InChI is InChI=1S/C14H12BrF2NO/c1-19-11-4-2-9(13(17)7-11)8-18-14-5-3-10(16)6-12(14)15/h2-7,18H,8H2,1H3. The van der Waals surface area contributed by atoms with Gasteiger partial charge in [-0.15, -0.1) is 0 Å². The van der Waals surface area contributed by atoms with E-state index in [0.717, 1.165) is 0 Å². The largest absolute Gasteiger partial charge is 0.497 e. The second kappa shape index (κ2) is 6.02. The third-order valence-electron chi connectivity index (χ3n) is 2.66. The smallest absolute Gasteiger partial charge is 0.131 e. The highest BCUT2D eigenvalue weighted by molar-refractivity contribution is 9.10. The van der Waals surface area contributed by atoms with Gasteiger partial charge in [0.1, 0.15) is 17.4 Å². The Balaban J connectivity index is 2.10. The topological polar surface area (TPSA) is 21.3 Å². The molecule has 2 aromatic carbocycles. The molecule has 0 atom stereocenters. The van der Waals surface area contributed by atoms with E-state index in [9.17, 15) is 8.78 Å². The molecule has 2 aromatic rings. The minimum Gasteiger partial charge on any atom is -0.497 e. The van der Waals surface area contributed by atoms with Gasteiger partial charge in [-0.3, -0.25) is 0 Å². The Hall–Kier alpha value is -1.62. The first-order valence-corrected chi connectivity index (χ1v) is 6.41. The molecule has 0 aliphatic carbocycles. The first-order chi connectivity index (χ1) is 9.10. The van der Waals surface area contributed by atoms with Gasteiger partial charge in [0, 0.05) is 28.3 Å². The lowest BCUT2D eigenvalue weighted by molar-refractivity contribution is 0.411. The molecule has 2 nitrogen and oxygen atoms in total. The van der Waals surface area contributed by atoms with Crippen LogP contribution in [0, 0.1) is 11.6 Å². The van der Waals surface area contributed by atoms with Gasteiger partial charge in [-0.05, 0) is 40.2 Å². The summed E-state index contributed by atoms with van der Waals surface area (Å²) in [6.45, 7) is 0.306. The van der Waals surface area contributed by atoms with Gasteiger partial charge in [-0.2, -0.15) is 0 Å². The summed E-state index contributed by atoms with van der Waals surface area (Å²) in [5.74, 6) is -0.192. The normalized spacial score (nSPS) is 10.3. The minimum atomic E-state index is -0.343. The molecule has 0 bridgehead atoms. The molecule has 19 heavy (non-hydrogen) atoms. The molecule has 0 fully saturated rings. The lowest BCUT2D eigenvalue weighted by atomic mass is 10.2. The molecule has 0 spiro atoms. The van der Waals surface area contributed by atoms with E-state index >= 15 is 0 Å². The van der Waals surface area contributed by atoms with Crippen LogP contribution in [0.5, 0.6) is 5.75 Å². The van der Waals surface area contributed by atoms with Crippen LogP contribution >= 0.6 is 15.9 Å². The van der Waals surface area contributed by atoms with Crippen LogP contribution in [-0.4, -0.2) is 7.11 Å². The number of methoxy groups -OCH3 is 1. The Morgan fingerprint density at radius 2 is 1.95 bits per heavy atom. The van der Waals surface area contributed by atoms with Gasteiger partial charge in [0.15, 0.2) is 0 Å². The summed E-state index contributed by atoms with van der Waals surface area (Å²) in [6.07, 6.45) is 0. The summed E-state index contributed by atoms with van der Waals surface area (Å²) < 4.78 is 32.2. The fraction of sp³-hybridized carbons (Fsp3) is 0.143. The third-order valence-corrected chi connectivity index (χ3v) is 3.32. The van der Waals surface area contributed by atoms with Gasteiger partial charge in [-0.25, -0.2) is 8.78 Å². The summed E-state index contributed by atoms with van der Waals surface area (Å²) in [5, 5.41) is 3.04. The van der Waals surface area contributed by atoms with E-state index < -0.39 is 0 Å². The Morgan fingerprint density at radius 1 is 1.16 bits per heavy atom. The van der Waals surface area contributed by atoms with Crippen molar-refractivity contribution in [3.63, 3.8) is 0 Å². The second-order valence-corrected chi connectivity index (χ2v) is 4.79. The van der Waals surface area contributed by atoms with Gasteiger partial charge in [0.25, 0.3) is 0 Å². The van der Waals surface area contributed by atoms with Crippen LogP contribution in [0.1, 0.15) is 5.56 Å². The zero-order valence-corrected chi connectivity index (χ0v) is 11.8. The summed E-state index contributed by atoms with van der Waals surface area (Å²) in [5.41, 5.74) is 1.22. The minimum absolute atomic E-state index is 0.306. The number of rotatable bonds is 4. The number of ether oxygens (including phenoxy) is 1. The van der Waals surface area contributed by atoms with E-state index in [1.54, 1.807) is 18.2 Å². The molecule has 0 radical (unpaired) electrons. The first-order valence-electron chi connectivity index (χ1n) is 5.61. The van der Waals surface area contributed by atoms with Crippen molar-refractivity contribution in [3.05, 3.63) is 58.1 Å². The molecule has 100 valence electrons. The highest BCUT2D eigenvalue weighted by Gasteiger charge is 2.06. The van der Waals surface area contributed by atoms with Gasteiger partial charge in [-0.1, -0.05) is 6.07 Å². The Bertz CT molecular complexity index is 590. The maximum atomic E-state index is 13.7. The predicted octanol–water partition coefficient (Wildman–Crippen LogP) is 4.35. The van der Waals surface area contributed by atoms with Crippen LogP contribution in [0.2, 0.25) is 0 Å². The van der Waals surface area contributed by atoms with E-state index in [4.69, 9.17) is 4.74 Å². The molecule has 0 aliphatic rings. The highest BCUT2D eigenvalue weighted by atomic mass is 79.9. The van der Waals surface area contributed by atoms with Gasteiger partial charge >= 0.3 is 0 Å². The lowest BCUT2D eigenvalue weighted by Gasteiger charge is -2.10. The number of hydrogen-bond acceptors (Lipinski definition) is 2. The molecule has 0 aromatic heterocycles. The van der Waals surface area contributed by atoms with Crippen molar-refractivity contribution in [1.29, 1.82) is 0 Å². The van der Waals surface area contributed by atoms with Crippen molar-refractivity contribution < 1.29 is 13.5 Å². The molecular weight excluding hydrogens is 316 g/mol. The van der Waals surface area contributed by atoms with Crippen LogP contribution in [0.15, 0.2) is 40.9 Å². The van der Waals surface area contributed by atoms with E-state index in [-0.39, 0.29) is 11.6 Å². The van der Waals surface area contributed by atoms with Crippen LogP contribution in [-0.2, 0) is 6.54 Å². The fourth-order valence-electron chi connectivity index (χ4n) is 1.62. The van der Waals surface area contributed by atoms with Crippen molar-refractivity contribution in [3.8, 4) is 5.75 Å². The molecule has 5 heteroatoms. The average Bonchev–Trinajstić information content (AvgIpc) is 2.39. The van der Waals surface area contributed by atoms with Crippen molar-refractivity contribution in [2.45, 2.75) is 6.54 Å². The predicted molar refractivity (Wildman–Crippen MR) is 74.4 cm³/mol. The van der Waals surface area contributed by atoms with E-state index in [1.807, 2.05) is 0 Å². The molecule has 1 N–H and O–H groups in total. The molecule has 0 saturated carbocycles. The van der Waals surface area contributed by atoms with Crippen molar-refractivity contribution >= 4 is 21.6 Å². The number of hydrogen-bond donors (Lipinski definition) is 1. The maximum absolute atomic E-state index is 13.7. The van der Waals surface area contributed by atoms with Gasteiger partial charge in [0.05, 0.1) is 7.11 Å². The number of nitrogens with one attached hydrogen (secondary N) is 1. The first kappa shape index (κ1) is 13.8. The van der Waals surface area contributed by atoms with Crippen LogP contribution < -0.4 is 10.1 Å². The Labute approximate surface area is 118 Å². The zero-order valence-electron chi connectivity index (χ0n) is 10.2. The van der Waals surface area contributed by atoms with Crippen LogP contribution in [0.4, 0.5) is 14.5 Å². The summed E-state index contributed by atoms with van der Waals surface area (Å²) in [7, 11) is 1.49. The van der Waals surface area contributed by atoms with E-state index in [1.165, 1.54) is 25.3 Å². The molecule has 0 saturated heterocycles. The molecule has 0 unspecified atom stereocenters. The zero-order chi connectivity index (χ0) is 13.8. The fourth-order valence-corrected chi connectivity index (χ4v) is 2.11. The van der Waals surface area contributed by atoms with Crippen molar-refractivity contribution in [2.75, 3.05) is 12.4 Å². The van der Waals surface area contributed by atoms with Crippen molar-refractivity contribution in [1.82, 2.24) is 0 Å². The van der Waals surface area contributed by atoms with Crippen molar-refractivity contribution in [2.24, 2.45) is 0 Å². The lowest BCUT2D eigenvalue weighted by Crippen LogP contribution is -2.02. The SMILES string of the molecule is COc1ccc(CNc2ccc(F)cc2Br)c(F)c1. The summed E-state index contributed by atoms with van der Waals surface area (Å²) >= 11 is 3.25. The number of benzene rings is 2. The molecule has 0 heterocycles. The average molecular weight is 328 g/mol. The Kier molecular flexibility index (Phi) is 4.37. The second-order valence-electron chi connectivity index (χ2n) is 3.94. The molecular formula is C14H12BrF2NO. The summed E-state index contributed by atoms with van der Waals surface area (Å²) in [6, 6.07) is 8.97. The van der Waals surface area contributed by atoms with Crippen LogP contribution in [0.25, 0.3) is 0 Å².